The zero-order valence-corrected chi connectivity index (χ0v) is 15.5. The number of carbonyl (C=O) groups excluding carboxylic acids is 2. The van der Waals surface area contributed by atoms with Crippen molar-refractivity contribution < 1.29 is 18.4 Å². The van der Waals surface area contributed by atoms with Crippen molar-refractivity contribution in [2.75, 3.05) is 13.1 Å². The summed E-state index contributed by atoms with van der Waals surface area (Å²) in [6, 6.07) is 1.64. The van der Waals surface area contributed by atoms with Gasteiger partial charge in [0.1, 0.15) is 0 Å². The summed E-state index contributed by atoms with van der Waals surface area (Å²) >= 11 is 0. The number of carbonyl (C=O) groups is 2. The molecular formula is C19H25F2N3O2. The molecule has 0 bridgehead atoms. The lowest BCUT2D eigenvalue weighted by Gasteiger charge is -2.25. The zero-order valence-electron chi connectivity index (χ0n) is 15.5. The Labute approximate surface area is 152 Å². The quantitative estimate of drug-likeness (QED) is 0.816. The summed E-state index contributed by atoms with van der Waals surface area (Å²) in [5.74, 6) is -0.701. The van der Waals surface area contributed by atoms with Crippen LogP contribution in [0.1, 0.15) is 26.3 Å². The first-order valence-corrected chi connectivity index (χ1v) is 8.44. The Balaban J connectivity index is 1.99. The number of aryl methyl sites for hydroxylation is 1. The molecule has 0 aromatic carbocycles. The third-order valence-corrected chi connectivity index (χ3v) is 4.55. The molecule has 1 N–H and O–H groups in total. The van der Waals surface area contributed by atoms with Crippen LogP contribution in [0.15, 0.2) is 36.2 Å². The predicted molar refractivity (Wildman–Crippen MR) is 96.5 cm³/mol. The van der Waals surface area contributed by atoms with Crippen molar-refractivity contribution in [3.05, 3.63) is 41.7 Å². The maximum Gasteiger partial charge on any atom is 0.260 e. The minimum Gasteiger partial charge on any atom is -0.357 e. The van der Waals surface area contributed by atoms with Gasteiger partial charge in [-0.2, -0.15) is 0 Å². The average Bonchev–Trinajstić information content (AvgIpc) is 3.08. The van der Waals surface area contributed by atoms with E-state index < -0.39 is 12.3 Å². The number of likely N-dealkylation sites (tertiary alicyclic amines) is 1. The second kappa shape index (κ2) is 7.85. The maximum absolute atomic E-state index is 12.6. The molecule has 1 fully saturated rings. The lowest BCUT2D eigenvalue weighted by molar-refractivity contribution is -0.125. The van der Waals surface area contributed by atoms with E-state index in [0.29, 0.717) is 13.1 Å². The Morgan fingerprint density at radius 3 is 2.65 bits per heavy atom. The maximum atomic E-state index is 12.6. The average molecular weight is 365 g/mol. The molecule has 7 heteroatoms. The number of alkyl halides is 2. The summed E-state index contributed by atoms with van der Waals surface area (Å²) in [5, 5.41) is 2.91. The number of hydrogen-bond acceptors (Lipinski definition) is 2. The summed E-state index contributed by atoms with van der Waals surface area (Å²) in [6.45, 7) is 5.80. The molecule has 1 saturated heterocycles. The van der Waals surface area contributed by atoms with E-state index in [9.17, 15) is 18.4 Å². The van der Waals surface area contributed by atoms with Crippen molar-refractivity contribution in [3.63, 3.8) is 0 Å². The van der Waals surface area contributed by atoms with Crippen LogP contribution < -0.4 is 5.32 Å². The van der Waals surface area contributed by atoms with Crippen LogP contribution in [-0.2, 0) is 16.6 Å². The standard InChI is InChI=1S/C19H25F2N3O2/c1-13(18(20)21)9-17(26)24-11-15(19(2,3)12-24)22-16(25)6-5-14-7-8-23(4)10-14/h5-10,15,18H,11-12H2,1-4H3,(H,22,25)/b6-5+,13-9+. The fourth-order valence-electron chi connectivity index (χ4n) is 2.91. The molecule has 142 valence electrons. The highest BCUT2D eigenvalue weighted by Gasteiger charge is 2.41. The van der Waals surface area contributed by atoms with Gasteiger partial charge in [0, 0.05) is 50.1 Å². The highest BCUT2D eigenvalue weighted by molar-refractivity contribution is 5.92. The minimum atomic E-state index is -2.65. The van der Waals surface area contributed by atoms with E-state index >= 15 is 0 Å². The van der Waals surface area contributed by atoms with E-state index in [-0.39, 0.29) is 22.9 Å². The minimum absolute atomic E-state index is 0.250. The fourth-order valence-corrected chi connectivity index (χ4v) is 2.91. The van der Waals surface area contributed by atoms with E-state index in [1.807, 2.05) is 43.9 Å². The Bertz CT molecular complexity index is 735. The fraction of sp³-hybridized carbons (Fsp3) is 0.474. The van der Waals surface area contributed by atoms with E-state index in [0.717, 1.165) is 11.6 Å². The van der Waals surface area contributed by atoms with Crippen molar-refractivity contribution in [2.24, 2.45) is 12.5 Å². The van der Waals surface area contributed by atoms with Gasteiger partial charge in [0.05, 0.1) is 6.04 Å². The Kier molecular flexibility index (Phi) is 6.00. The van der Waals surface area contributed by atoms with Gasteiger partial charge >= 0.3 is 0 Å². The predicted octanol–water partition coefficient (Wildman–Crippen LogP) is 2.60. The number of hydrogen-bond donors (Lipinski definition) is 1. The van der Waals surface area contributed by atoms with E-state index in [1.165, 1.54) is 17.9 Å². The summed E-state index contributed by atoms with van der Waals surface area (Å²) in [7, 11) is 1.90. The molecule has 26 heavy (non-hydrogen) atoms. The largest absolute Gasteiger partial charge is 0.357 e. The second-order valence-electron chi connectivity index (χ2n) is 7.40. The molecule has 0 radical (unpaired) electrons. The number of rotatable bonds is 5. The number of aromatic nitrogens is 1. The molecule has 1 atom stereocenters. The molecule has 0 spiro atoms. The zero-order chi connectivity index (χ0) is 19.5. The first-order chi connectivity index (χ1) is 12.1. The van der Waals surface area contributed by atoms with Crippen LogP contribution in [0.3, 0.4) is 0 Å². The summed E-state index contributed by atoms with van der Waals surface area (Å²) < 4.78 is 27.1. The molecule has 1 aliphatic rings. The highest BCUT2D eigenvalue weighted by atomic mass is 19.3. The van der Waals surface area contributed by atoms with Gasteiger partial charge in [-0.3, -0.25) is 9.59 Å². The highest BCUT2D eigenvalue weighted by Crippen LogP contribution is 2.30. The van der Waals surface area contributed by atoms with Crippen molar-refractivity contribution in [2.45, 2.75) is 33.2 Å². The molecule has 2 rings (SSSR count). The van der Waals surface area contributed by atoms with Crippen molar-refractivity contribution in [1.82, 2.24) is 14.8 Å². The van der Waals surface area contributed by atoms with E-state index in [1.54, 1.807) is 6.08 Å². The summed E-state index contributed by atoms with van der Waals surface area (Å²) in [6.07, 6.45) is 5.27. The van der Waals surface area contributed by atoms with Gasteiger partial charge in [-0.25, -0.2) is 8.78 Å². The lowest BCUT2D eigenvalue weighted by Crippen LogP contribution is -2.43. The number of amides is 2. The smallest absolute Gasteiger partial charge is 0.260 e. The van der Waals surface area contributed by atoms with Crippen LogP contribution in [-0.4, -0.2) is 46.8 Å². The van der Waals surface area contributed by atoms with Gasteiger partial charge in [0.25, 0.3) is 6.43 Å². The van der Waals surface area contributed by atoms with Crippen LogP contribution in [0.4, 0.5) is 8.78 Å². The van der Waals surface area contributed by atoms with Gasteiger partial charge in [-0.1, -0.05) is 13.8 Å². The first-order valence-electron chi connectivity index (χ1n) is 8.44. The van der Waals surface area contributed by atoms with Crippen molar-refractivity contribution in [3.8, 4) is 0 Å². The van der Waals surface area contributed by atoms with Crippen molar-refractivity contribution >= 4 is 17.9 Å². The summed E-state index contributed by atoms with van der Waals surface area (Å²) in [4.78, 5) is 25.9. The molecule has 1 unspecified atom stereocenters. The summed E-state index contributed by atoms with van der Waals surface area (Å²) in [5.41, 5.74) is 0.308. The van der Waals surface area contributed by atoms with Crippen LogP contribution >= 0.6 is 0 Å². The Morgan fingerprint density at radius 1 is 1.38 bits per heavy atom. The van der Waals surface area contributed by atoms with Gasteiger partial charge in [-0.15, -0.1) is 0 Å². The monoisotopic (exact) mass is 365 g/mol. The number of allylic oxidation sites excluding steroid dienone is 1. The van der Waals surface area contributed by atoms with Crippen LogP contribution in [0.2, 0.25) is 0 Å². The van der Waals surface area contributed by atoms with Gasteiger partial charge in [-0.05, 0) is 30.2 Å². The van der Waals surface area contributed by atoms with Gasteiger partial charge < -0.3 is 14.8 Å². The molecule has 5 nitrogen and oxygen atoms in total. The van der Waals surface area contributed by atoms with Crippen LogP contribution in [0.5, 0.6) is 0 Å². The molecule has 1 aromatic heterocycles. The third-order valence-electron chi connectivity index (χ3n) is 4.55. The molecule has 2 heterocycles. The molecule has 0 saturated carbocycles. The first kappa shape index (κ1) is 19.9. The number of nitrogens with zero attached hydrogens (tertiary/aromatic N) is 2. The normalized spacial score (nSPS) is 20.2. The van der Waals surface area contributed by atoms with Gasteiger partial charge in [0.2, 0.25) is 11.8 Å². The molecule has 1 aromatic rings. The molecule has 1 aliphatic heterocycles. The third kappa shape index (κ3) is 5.03. The van der Waals surface area contributed by atoms with Crippen LogP contribution in [0, 0.1) is 5.41 Å². The Morgan fingerprint density at radius 2 is 2.08 bits per heavy atom. The molecule has 2 amide bonds. The topological polar surface area (TPSA) is 54.3 Å². The van der Waals surface area contributed by atoms with Crippen LogP contribution in [0.25, 0.3) is 6.08 Å². The molecular weight excluding hydrogens is 340 g/mol. The van der Waals surface area contributed by atoms with Gasteiger partial charge in [0.15, 0.2) is 0 Å². The van der Waals surface area contributed by atoms with E-state index in [2.05, 4.69) is 5.32 Å². The molecule has 0 aliphatic carbocycles. The number of halogens is 2. The lowest BCUT2D eigenvalue weighted by atomic mass is 9.88. The number of nitrogens with one attached hydrogen (secondary N) is 1. The van der Waals surface area contributed by atoms with E-state index in [4.69, 9.17) is 0 Å². The second-order valence-corrected chi connectivity index (χ2v) is 7.40. The van der Waals surface area contributed by atoms with Crippen molar-refractivity contribution in [1.29, 1.82) is 0 Å². The SMILES string of the molecule is C/C(=C\C(=O)N1CC(NC(=O)/C=C/c2ccn(C)c2)C(C)(C)C1)C(F)F. The Hall–Kier alpha value is -2.44.